The van der Waals surface area contributed by atoms with E-state index in [1.807, 2.05) is 60.7 Å². The van der Waals surface area contributed by atoms with E-state index in [0.717, 1.165) is 11.1 Å². The van der Waals surface area contributed by atoms with Crippen molar-refractivity contribution in [1.82, 2.24) is 0 Å². The summed E-state index contributed by atoms with van der Waals surface area (Å²) < 4.78 is 5.85. The summed E-state index contributed by atoms with van der Waals surface area (Å²) in [5, 5.41) is 0. The van der Waals surface area contributed by atoms with E-state index in [1.54, 1.807) is 72.8 Å². The van der Waals surface area contributed by atoms with Crippen molar-refractivity contribution >= 4 is 23.7 Å². The number of carbonyl (C=O) groups excluding carboxylic acids is 2. The lowest BCUT2D eigenvalue weighted by Gasteiger charge is -2.07. The van der Waals surface area contributed by atoms with Crippen LogP contribution >= 0.6 is 0 Å². The molecule has 0 radical (unpaired) electrons. The van der Waals surface area contributed by atoms with Crippen LogP contribution in [0.3, 0.4) is 0 Å². The fourth-order valence-electron chi connectivity index (χ4n) is 3.18. The molecule has 0 spiro atoms. The van der Waals surface area contributed by atoms with Crippen LogP contribution in [0.1, 0.15) is 31.8 Å². The van der Waals surface area contributed by atoms with Gasteiger partial charge in [-0.2, -0.15) is 0 Å². The van der Waals surface area contributed by atoms with Gasteiger partial charge in [-0.05, 0) is 71.8 Å². The molecule has 160 valence electrons. The molecule has 4 rings (SSSR count). The van der Waals surface area contributed by atoms with Crippen molar-refractivity contribution in [2.75, 3.05) is 0 Å². The fraction of sp³-hybridized carbons (Fsp3) is 0. The van der Waals surface area contributed by atoms with Gasteiger partial charge >= 0.3 is 0 Å². The van der Waals surface area contributed by atoms with Crippen molar-refractivity contribution in [2.45, 2.75) is 0 Å². The lowest BCUT2D eigenvalue weighted by atomic mass is 10.1. The van der Waals surface area contributed by atoms with Crippen LogP contribution in [0.5, 0.6) is 11.5 Å². The summed E-state index contributed by atoms with van der Waals surface area (Å²) in [5.41, 5.74) is 3.12. The second-order valence-electron chi connectivity index (χ2n) is 7.37. The third-order valence-corrected chi connectivity index (χ3v) is 4.97. The molecule has 0 saturated heterocycles. The summed E-state index contributed by atoms with van der Waals surface area (Å²) >= 11 is 0. The number of allylic oxidation sites excluding steroid dienone is 2. The zero-order valence-corrected chi connectivity index (χ0v) is 17.9. The van der Waals surface area contributed by atoms with E-state index < -0.39 is 0 Å². The van der Waals surface area contributed by atoms with Gasteiger partial charge in [0.25, 0.3) is 0 Å². The molecule has 4 aromatic rings. The van der Waals surface area contributed by atoms with Crippen LogP contribution in [0.4, 0.5) is 0 Å². The van der Waals surface area contributed by atoms with Gasteiger partial charge in [0.1, 0.15) is 11.5 Å². The molecule has 0 atom stereocenters. The molecule has 0 fully saturated rings. The van der Waals surface area contributed by atoms with E-state index in [9.17, 15) is 9.59 Å². The first-order chi connectivity index (χ1) is 16.2. The van der Waals surface area contributed by atoms with E-state index in [2.05, 4.69) is 0 Å². The minimum absolute atomic E-state index is 0.0724. The summed E-state index contributed by atoms with van der Waals surface area (Å²) in [6.07, 6.45) is 6.72. The first-order valence-electron chi connectivity index (χ1n) is 10.6. The third-order valence-electron chi connectivity index (χ3n) is 4.97. The lowest BCUT2D eigenvalue weighted by molar-refractivity contribution is 0.103. The highest BCUT2D eigenvalue weighted by Crippen LogP contribution is 2.23. The Morgan fingerprint density at radius 1 is 0.485 bits per heavy atom. The Kier molecular flexibility index (Phi) is 7.04. The molecule has 0 aliphatic heterocycles. The maximum Gasteiger partial charge on any atom is 0.185 e. The average molecular weight is 431 g/mol. The van der Waals surface area contributed by atoms with Gasteiger partial charge < -0.3 is 4.74 Å². The number of ether oxygens (including phenoxy) is 1. The van der Waals surface area contributed by atoms with Crippen molar-refractivity contribution in [3.8, 4) is 11.5 Å². The summed E-state index contributed by atoms with van der Waals surface area (Å²) in [6.45, 7) is 0. The smallest absolute Gasteiger partial charge is 0.185 e. The van der Waals surface area contributed by atoms with Crippen molar-refractivity contribution in [3.05, 3.63) is 144 Å². The van der Waals surface area contributed by atoms with Crippen LogP contribution in [0.2, 0.25) is 0 Å². The number of rotatable bonds is 8. The maximum absolute atomic E-state index is 12.4. The first kappa shape index (κ1) is 21.7. The summed E-state index contributed by atoms with van der Waals surface area (Å²) in [5.74, 6) is 1.08. The zero-order chi connectivity index (χ0) is 22.9. The summed E-state index contributed by atoms with van der Waals surface area (Å²) in [6, 6.07) is 33.3. The van der Waals surface area contributed by atoms with Gasteiger partial charge in [-0.25, -0.2) is 0 Å². The number of hydrogen-bond donors (Lipinski definition) is 0. The topological polar surface area (TPSA) is 43.4 Å². The van der Waals surface area contributed by atoms with Crippen LogP contribution in [-0.2, 0) is 0 Å². The predicted octanol–water partition coefficient (Wildman–Crippen LogP) is 7.27. The Morgan fingerprint density at radius 2 is 0.848 bits per heavy atom. The minimum atomic E-state index is -0.0724. The minimum Gasteiger partial charge on any atom is -0.457 e. The molecule has 4 aromatic carbocycles. The van der Waals surface area contributed by atoms with Crippen LogP contribution < -0.4 is 4.74 Å². The number of benzene rings is 4. The monoisotopic (exact) mass is 430 g/mol. The van der Waals surface area contributed by atoms with E-state index in [4.69, 9.17) is 4.74 Å². The molecule has 0 N–H and O–H groups in total. The molecule has 0 amide bonds. The molecule has 0 heterocycles. The average Bonchev–Trinajstić information content (AvgIpc) is 2.88. The second-order valence-corrected chi connectivity index (χ2v) is 7.37. The molecule has 0 bridgehead atoms. The normalized spacial score (nSPS) is 11.0. The van der Waals surface area contributed by atoms with Crippen LogP contribution in [0.25, 0.3) is 12.2 Å². The first-order valence-corrected chi connectivity index (χ1v) is 10.6. The highest BCUT2D eigenvalue weighted by atomic mass is 16.5. The van der Waals surface area contributed by atoms with E-state index in [-0.39, 0.29) is 11.6 Å². The standard InChI is InChI=1S/C30H22O3/c31-29(21-11-23-7-3-1-4-8-23)25-13-17-27(18-14-25)33-28-19-15-26(16-20-28)30(32)22-12-24-9-5-2-6-10-24/h1-22H/b21-11+,22-12+. The molecule has 0 aliphatic carbocycles. The molecule has 3 heteroatoms. The van der Waals surface area contributed by atoms with Crippen LogP contribution in [-0.4, -0.2) is 11.6 Å². The third kappa shape index (κ3) is 6.25. The zero-order valence-electron chi connectivity index (χ0n) is 17.9. The lowest BCUT2D eigenvalue weighted by Crippen LogP contribution is -1.95. The number of ketones is 2. The van der Waals surface area contributed by atoms with E-state index in [1.165, 1.54) is 0 Å². The Bertz CT molecular complexity index is 1170. The van der Waals surface area contributed by atoms with Crippen molar-refractivity contribution in [3.63, 3.8) is 0 Å². The van der Waals surface area contributed by atoms with Gasteiger partial charge in [0.15, 0.2) is 11.6 Å². The summed E-state index contributed by atoms with van der Waals surface area (Å²) in [4.78, 5) is 24.7. The molecular formula is C30H22O3. The van der Waals surface area contributed by atoms with E-state index >= 15 is 0 Å². The van der Waals surface area contributed by atoms with Crippen LogP contribution in [0, 0.1) is 0 Å². The maximum atomic E-state index is 12.4. The van der Waals surface area contributed by atoms with Crippen molar-refractivity contribution in [2.24, 2.45) is 0 Å². The molecule has 0 aliphatic rings. The highest BCUT2D eigenvalue weighted by Gasteiger charge is 2.05. The Hall–Kier alpha value is -4.50. The van der Waals surface area contributed by atoms with Crippen LogP contribution in [0.15, 0.2) is 121 Å². The Labute approximate surface area is 193 Å². The van der Waals surface area contributed by atoms with Gasteiger partial charge in [0, 0.05) is 11.1 Å². The predicted molar refractivity (Wildman–Crippen MR) is 133 cm³/mol. The molecular weight excluding hydrogens is 408 g/mol. The second kappa shape index (κ2) is 10.7. The molecule has 33 heavy (non-hydrogen) atoms. The largest absolute Gasteiger partial charge is 0.457 e. The molecule has 0 unspecified atom stereocenters. The molecule has 3 nitrogen and oxygen atoms in total. The molecule has 0 aromatic heterocycles. The van der Waals surface area contributed by atoms with E-state index in [0.29, 0.717) is 22.6 Å². The van der Waals surface area contributed by atoms with Crippen molar-refractivity contribution in [1.29, 1.82) is 0 Å². The summed E-state index contributed by atoms with van der Waals surface area (Å²) in [7, 11) is 0. The highest BCUT2D eigenvalue weighted by molar-refractivity contribution is 6.07. The SMILES string of the molecule is O=C(/C=C/c1ccccc1)c1ccc(Oc2ccc(C(=O)/C=C/c3ccccc3)cc2)cc1. The quantitative estimate of drug-likeness (QED) is 0.218. The number of carbonyl (C=O) groups is 2. The Balaban J connectivity index is 1.35. The Morgan fingerprint density at radius 3 is 1.21 bits per heavy atom. The van der Waals surface area contributed by atoms with Crippen molar-refractivity contribution < 1.29 is 14.3 Å². The molecule has 0 saturated carbocycles. The van der Waals surface area contributed by atoms with Gasteiger partial charge in [-0.3, -0.25) is 9.59 Å². The van der Waals surface area contributed by atoms with Gasteiger partial charge in [-0.15, -0.1) is 0 Å². The van der Waals surface area contributed by atoms with Gasteiger partial charge in [0.05, 0.1) is 0 Å². The fourth-order valence-corrected chi connectivity index (χ4v) is 3.18. The van der Waals surface area contributed by atoms with Gasteiger partial charge in [0.2, 0.25) is 0 Å². The van der Waals surface area contributed by atoms with Gasteiger partial charge in [-0.1, -0.05) is 72.8 Å². The number of hydrogen-bond acceptors (Lipinski definition) is 3.